The van der Waals surface area contributed by atoms with Gasteiger partial charge in [-0.1, -0.05) is 13.8 Å². The Kier molecular flexibility index (Phi) is 1.06. The Labute approximate surface area is 295 Å². The maximum Gasteiger partial charge on any atom is 0.111 e. The lowest BCUT2D eigenvalue weighted by Gasteiger charge is -3.57. The van der Waals surface area contributed by atoms with Gasteiger partial charge < -0.3 is 0 Å². The van der Waals surface area contributed by atoms with Crippen molar-refractivity contribution in [3.63, 3.8) is 0 Å². The molecule has 0 bridgehead atoms. The lowest BCUT2D eigenvalue weighted by Crippen LogP contribution is -3.56. The second-order valence-corrected chi connectivity index (χ2v) is 32.1. The van der Waals surface area contributed by atoms with E-state index in [4.69, 9.17) is 0 Å². The van der Waals surface area contributed by atoms with Crippen molar-refractivity contribution < 1.29 is 0 Å². The van der Waals surface area contributed by atoms with Gasteiger partial charge in [0.2, 0.25) is 0 Å². The molecule has 46 atom stereocenters. The van der Waals surface area contributed by atoms with E-state index >= 15 is 0 Å². The summed E-state index contributed by atoms with van der Waals surface area (Å²) in [6.45, 7) is 5.76. The van der Waals surface area contributed by atoms with Gasteiger partial charge in [-0.15, -0.1) is 0 Å². The van der Waals surface area contributed by atoms with Crippen LogP contribution >= 0.6 is 0 Å². The largest absolute Gasteiger partial charge is 0.111 e. The average Bonchev–Trinajstić information content (AvgIpc) is 2.99. The van der Waals surface area contributed by atoms with Crippen LogP contribution in [0.4, 0.5) is 0 Å². The van der Waals surface area contributed by atoms with E-state index in [1.807, 2.05) is 0 Å². The quantitative estimate of drug-likeness (QED) is 0.346. The maximum atomic E-state index is 3.06. The molecule has 33 rings (SSSR count). The van der Waals surface area contributed by atoms with Crippen LogP contribution < -0.4 is 0 Å². The Balaban J connectivity index is 0.764. The zero-order chi connectivity index (χ0) is 29.3. The Morgan fingerprint density at radius 1 is 0.314 bits per heavy atom. The van der Waals surface area contributed by atoms with Crippen molar-refractivity contribution >= 4 is 7.85 Å². The molecule has 0 aliphatic heterocycles. The third kappa shape index (κ3) is 0.450. The van der Waals surface area contributed by atoms with Crippen molar-refractivity contribution in [1.29, 1.82) is 0 Å². The smallest absolute Gasteiger partial charge is 0.0623 e. The van der Waals surface area contributed by atoms with Gasteiger partial charge in [0.15, 0.2) is 0 Å². The summed E-state index contributed by atoms with van der Waals surface area (Å²) in [5.74, 6) is 33.6. The molecule has 0 radical (unpaired) electrons. The number of fused-ring (bicyclic) bond motifs is 20. The summed E-state index contributed by atoms with van der Waals surface area (Å²) in [7, 11) is 3.06. The molecule has 1 heteroatoms. The first-order valence-electron chi connectivity index (χ1n) is 25.1. The molecule has 33 fully saturated rings. The Morgan fingerprint density at radius 3 is 1.25 bits per heavy atom. The molecule has 0 aromatic heterocycles. The minimum absolute atomic E-state index is 0.862. The zero-order valence-electron chi connectivity index (χ0n) is 29.3. The first-order valence-corrected chi connectivity index (χ1v) is 25.1. The molecular weight excluding hydrogens is 611 g/mol. The number of rotatable bonds is 0. The topological polar surface area (TPSA) is 0 Å². The fourth-order valence-corrected chi connectivity index (χ4v) is 52.1. The van der Waals surface area contributed by atoms with Crippen LogP contribution in [0.3, 0.4) is 0 Å². The number of hydrogen-bond acceptors (Lipinski definition) is 0. The molecule has 33 saturated carbocycles. The molecule has 0 aromatic rings. The summed E-state index contributed by atoms with van der Waals surface area (Å²) in [6.07, 6.45) is 3.59. The van der Waals surface area contributed by atoms with E-state index in [-0.39, 0.29) is 0 Å². The van der Waals surface area contributed by atoms with E-state index in [0.717, 1.165) is 120 Å². The highest BCUT2D eigenvalue weighted by atomic mass is 15.6. The molecule has 33 aliphatic rings. The van der Waals surface area contributed by atoms with Crippen LogP contribution in [0.2, 0.25) is 5.31 Å². The molecule has 46 unspecified atom stereocenters. The highest BCUT2D eigenvalue weighted by molar-refractivity contribution is 6.22. The molecule has 51 heavy (non-hydrogen) atoms. The molecule has 0 saturated heterocycles. The minimum Gasteiger partial charge on any atom is -0.0623 e. The first kappa shape index (κ1) is 18.6. The molecule has 0 heterocycles. The van der Waals surface area contributed by atoms with Gasteiger partial charge in [-0.2, -0.15) is 0 Å². The van der Waals surface area contributed by atoms with Gasteiger partial charge in [0.25, 0.3) is 0 Å². The SMILES string of the molecule is BC12C(C)C3C4CC5C6C7C8C9C%10C%11C%12C%13C%14CC%15C%16C(C)C%17C%18C%19C%20C%21C%22C%23C%24C1C1%25C32C45C61C71C%24%25C%232C81C91C%103C%114C%125C%136C%15%14C%16%17C%186C%195C%204C%213C%2221. The molecule has 240 valence electrons. The Morgan fingerprint density at radius 2 is 0.686 bits per heavy atom. The van der Waals surface area contributed by atoms with Gasteiger partial charge in [0.05, 0.1) is 0 Å². The van der Waals surface area contributed by atoms with Crippen LogP contribution in [0, 0.1) is 256 Å². The summed E-state index contributed by atoms with van der Waals surface area (Å²) in [5, 5.41) is 0.862. The van der Waals surface area contributed by atoms with E-state index in [2.05, 4.69) is 21.7 Å². The fraction of sp³-hybridized carbons (Fsp3) is 1.00. The highest BCUT2D eigenvalue weighted by Gasteiger charge is 3.59. The summed E-state index contributed by atoms with van der Waals surface area (Å²) < 4.78 is 0. The molecule has 0 N–H and O–H groups in total. The van der Waals surface area contributed by atoms with E-state index in [1.54, 1.807) is 12.8 Å². The molecule has 20 spiro atoms. The Hall–Kier alpha value is 0.0649. The van der Waals surface area contributed by atoms with Crippen molar-refractivity contribution in [2.75, 3.05) is 0 Å². The average molecular weight is 649 g/mol. The zero-order valence-corrected chi connectivity index (χ0v) is 29.3. The lowest BCUT2D eigenvalue weighted by molar-refractivity contribution is -1.12. The first-order chi connectivity index (χ1) is 25.1. The van der Waals surface area contributed by atoms with Gasteiger partial charge in [-0.05, 0) is 274 Å². The standard InChI is InChI=1S/C50H37B/c1-5-11-7-3-9-14-17-20-23-24-21-18-15-10-4-8-13-6(2)33(51)29-28-27-26-25-22-19-16-12(5)32(11)30(7,9)35(14)37(16,32)40(19)38(17,35)41(20)43(22,40)46(25)44(23,41)45(24)42(21)39(18)36(15)31(8,10)34(13,33)50(29,36)49(28,39)48(27,42)47(26,45)46/h5-29H,3-4,51H2,1-2H3. The van der Waals surface area contributed by atoms with E-state index in [0.29, 0.717) is 0 Å². The monoisotopic (exact) mass is 648 g/mol. The van der Waals surface area contributed by atoms with Crippen LogP contribution in [0.5, 0.6) is 0 Å². The van der Waals surface area contributed by atoms with Gasteiger partial charge in [0.1, 0.15) is 7.85 Å². The normalized spacial score (nSPS) is 133. The van der Waals surface area contributed by atoms with Gasteiger partial charge in [-0.3, -0.25) is 0 Å². The van der Waals surface area contributed by atoms with Crippen molar-refractivity contribution in [2.24, 2.45) is 256 Å². The summed E-state index contributed by atoms with van der Waals surface area (Å²) >= 11 is 0. The maximum absolute atomic E-state index is 3.06. The van der Waals surface area contributed by atoms with Gasteiger partial charge >= 0.3 is 0 Å². The van der Waals surface area contributed by atoms with E-state index in [1.165, 1.54) is 142 Å². The highest BCUT2D eigenvalue weighted by Crippen LogP contribution is 3.60. The van der Waals surface area contributed by atoms with Crippen LogP contribution in [0.15, 0.2) is 0 Å². The van der Waals surface area contributed by atoms with Gasteiger partial charge in [-0.25, -0.2) is 0 Å². The molecule has 0 aromatic carbocycles. The second-order valence-electron chi connectivity index (χ2n) is 32.1. The van der Waals surface area contributed by atoms with Crippen molar-refractivity contribution in [3.8, 4) is 0 Å². The summed E-state index contributed by atoms with van der Waals surface area (Å²) in [5.41, 5.74) is 21.7. The summed E-state index contributed by atoms with van der Waals surface area (Å²) in [6, 6.07) is 0. The minimum atomic E-state index is 0.862. The van der Waals surface area contributed by atoms with Crippen LogP contribution in [0.1, 0.15) is 26.7 Å². The van der Waals surface area contributed by atoms with E-state index in [9.17, 15) is 0 Å². The third-order valence-electron chi connectivity index (χ3n) is 42.1. The van der Waals surface area contributed by atoms with E-state index < -0.39 is 0 Å². The van der Waals surface area contributed by atoms with Crippen molar-refractivity contribution in [3.05, 3.63) is 0 Å². The second kappa shape index (κ2) is 2.92. The predicted molar refractivity (Wildman–Crippen MR) is 168 cm³/mol. The fourth-order valence-electron chi connectivity index (χ4n) is 52.1. The van der Waals surface area contributed by atoms with Crippen LogP contribution in [-0.2, 0) is 0 Å². The molecule has 33 aliphatic carbocycles. The van der Waals surface area contributed by atoms with Crippen molar-refractivity contribution in [1.82, 2.24) is 0 Å². The van der Waals surface area contributed by atoms with Crippen LogP contribution in [-0.4, -0.2) is 7.85 Å². The predicted octanol–water partition coefficient (Wildman–Crippen LogP) is 4.18. The van der Waals surface area contributed by atoms with Gasteiger partial charge in [0, 0.05) is 0 Å². The molecule has 0 amide bonds. The van der Waals surface area contributed by atoms with Crippen LogP contribution in [0.25, 0.3) is 0 Å². The third-order valence-corrected chi connectivity index (χ3v) is 42.1. The molecule has 0 nitrogen and oxygen atoms in total. The lowest BCUT2D eigenvalue weighted by atomic mass is 8.45. The Bertz CT molecular complexity index is 3120. The van der Waals surface area contributed by atoms with Crippen molar-refractivity contribution in [2.45, 2.75) is 32.0 Å². The molecular formula is C50H37B. The summed E-state index contributed by atoms with van der Waals surface area (Å²) in [4.78, 5) is 0. The number of hydrogen-bond donors (Lipinski definition) is 0.